The van der Waals surface area contributed by atoms with Gasteiger partial charge in [0.2, 0.25) is 17.3 Å². The third kappa shape index (κ3) is 13.6. The van der Waals surface area contributed by atoms with E-state index in [0.29, 0.717) is 23.8 Å². The van der Waals surface area contributed by atoms with E-state index in [2.05, 4.69) is 35.4 Å². The number of nitrogen functional groups attached to an aromatic ring is 1. The summed E-state index contributed by atoms with van der Waals surface area (Å²) in [6.07, 6.45) is 2.90. The van der Waals surface area contributed by atoms with Crippen LogP contribution in [0, 0.1) is 5.41 Å². The summed E-state index contributed by atoms with van der Waals surface area (Å²) in [7, 11) is 0. The molecule has 0 fully saturated rings. The first kappa shape index (κ1) is 42.0. The maximum Gasteiger partial charge on any atom is 1.00 e. The average Bonchev–Trinajstić information content (AvgIpc) is 3.04. The Balaban J connectivity index is 0.00000125. The van der Waals surface area contributed by atoms with Gasteiger partial charge in [-0.3, -0.25) is 24.6 Å². The van der Waals surface area contributed by atoms with Gasteiger partial charge in [-0.1, -0.05) is 19.1 Å². The standard InChI is InChI=1S/C22H25N7O5.C8H11N3O4.ClH/c1-2-11(9-14-10-25-19-17(26-14)18(23)28-22(24)29-19)12-3-5-13(6-4-12)20(32)27-15(21(33)34)7-8-16(30)31;1-5(12)11-7(8(14)15)3-2-6(13)4-10-9;/h3-6,10-11,15H,2,7-9H2,1H3,(H,27,32)(H,30,31)(H,33,34)(H4,23,24,25,28,29);4,7H,2-3H2,1H3,(H,11,12)(H,14,15);1H/t11?,15-;7-;/m00./s1. The number of nitrogens with two attached hydrogens (primary N) is 1. The first-order chi connectivity index (χ1) is 23.1. The van der Waals surface area contributed by atoms with Gasteiger partial charge in [-0.25, -0.2) is 19.6 Å². The van der Waals surface area contributed by atoms with Gasteiger partial charge in [-0.2, -0.15) is 9.77 Å². The number of nitrogens with one attached hydrogen (secondary N) is 4. The summed E-state index contributed by atoms with van der Waals surface area (Å²) in [6, 6.07) is 4.40. The van der Waals surface area contributed by atoms with Crippen molar-refractivity contribution in [1.29, 1.82) is 5.41 Å². The maximum atomic E-state index is 12.5. The van der Waals surface area contributed by atoms with Gasteiger partial charge in [-0.15, -0.1) is 0 Å². The number of ketones is 1. The molecule has 20 heteroatoms. The van der Waals surface area contributed by atoms with Crippen molar-refractivity contribution in [3.05, 3.63) is 58.4 Å². The van der Waals surface area contributed by atoms with Crippen molar-refractivity contribution in [3.8, 4) is 0 Å². The molecule has 0 saturated carbocycles. The molecular formula is C30H37ClN10O9. The molecule has 1 unspecified atom stereocenters. The van der Waals surface area contributed by atoms with Gasteiger partial charge >= 0.3 is 25.5 Å². The Morgan fingerprint density at radius 2 is 1.62 bits per heavy atom. The lowest BCUT2D eigenvalue weighted by Crippen LogP contribution is -3.00. The Morgan fingerprint density at radius 1 is 1.02 bits per heavy atom. The fourth-order valence-corrected chi connectivity index (χ4v) is 4.44. The molecule has 19 nitrogen and oxygen atoms in total. The van der Waals surface area contributed by atoms with E-state index in [1.807, 2.05) is 6.92 Å². The van der Waals surface area contributed by atoms with Crippen LogP contribution in [0.2, 0.25) is 0 Å². The van der Waals surface area contributed by atoms with E-state index in [0.717, 1.165) is 12.0 Å². The third-order valence-corrected chi connectivity index (χ3v) is 6.93. The van der Waals surface area contributed by atoms with Crippen LogP contribution < -0.4 is 34.4 Å². The molecule has 0 bridgehead atoms. The minimum atomic E-state index is -1.29. The number of benzene rings is 1. The van der Waals surface area contributed by atoms with E-state index in [9.17, 15) is 33.9 Å². The number of aromatic nitrogens is 4. The second-order valence-electron chi connectivity index (χ2n) is 10.6. The molecule has 1 aromatic carbocycles. The van der Waals surface area contributed by atoms with Gasteiger partial charge in [0.25, 0.3) is 5.91 Å². The van der Waals surface area contributed by atoms with Crippen molar-refractivity contribution in [3.63, 3.8) is 0 Å². The fraction of sp³-hybridized carbons (Fsp3) is 0.367. The van der Waals surface area contributed by atoms with E-state index in [1.165, 1.54) is 6.92 Å². The molecule has 2 amide bonds. The predicted octanol–water partition coefficient (Wildman–Crippen LogP) is -2.46. The molecule has 3 aromatic rings. The normalized spacial score (nSPS) is 12.0. The van der Waals surface area contributed by atoms with Gasteiger partial charge < -0.3 is 54.6 Å². The van der Waals surface area contributed by atoms with Crippen molar-refractivity contribution in [1.82, 2.24) is 30.6 Å². The number of H-pyrrole nitrogens is 1. The molecule has 0 radical (unpaired) electrons. The number of aromatic amines is 1. The number of carboxylic acid groups (broad SMARTS) is 3. The number of rotatable bonds is 16. The number of carboxylic acids is 3. The molecule has 0 saturated heterocycles. The van der Waals surface area contributed by atoms with Crippen molar-refractivity contribution < 1.29 is 62.7 Å². The lowest BCUT2D eigenvalue weighted by atomic mass is 9.91. The van der Waals surface area contributed by atoms with E-state index in [4.69, 9.17) is 26.9 Å². The minimum Gasteiger partial charge on any atom is -1.00 e. The first-order valence-corrected chi connectivity index (χ1v) is 14.8. The van der Waals surface area contributed by atoms with E-state index >= 15 is 0 Å². The lowest BCUT2D eigenvalue weighted by Gasteiger charge is -2.17. The Bertz CT molecular complexity index is 1820. The van der Waals surface area contributed by atoms with Crippen molar-refractivity contribution >= 4 is 58.7 Å². The molecule has 268 valence electrons. The van der Waals surface area contributed by atoms with Crippen LogP contribution in [-0.2, 0) is 30.4 Å². The number of halogens is 1. The van der Waals surface area contributed by atoms with Crippen LogP contribution in [-0.4, -0.2) is 93.8 Å². The molecule has 9 N–H and O–H groups in total. The van der Waals surface area contributed by atoms with Crippen LogP contribution in [0.25, 0.3) is 16.7 Å². The molecule has 3 atom stereocenters. The highest BCUT2D eigenvalue weighted by Crippen LogP contribution is 2.25. The lowest BCUT2D eigenvalue weighted by molar-refractivity contribution is -0.142. The van der Waals surface area contributed by atoms with Gasteiger partial charge in [0.15, 0.2) is 5.65 Å². The fourth-order valence-electron chi connectivity index (χ4n) is 4.44. The summed E-state index contributed by atoms with van der Waals surface area (Å²) in [5.74, 6) is -4.92. The van der Waals surface area contributed by atoms with E-state index < -0.39 is 47.6 Å². The molecule has 0 aliphatic rings. The van der Waals surface area contributed by atoms with Crippen molar-refractivity contribution in [2.75, 3.05) is 5.73 Å². The average molecular weight is 717 g/mol. The Morgan fingerprint density at radius 3 is 2.16 bits per heavy atom. The quantitative estimate of drug-likeness (QED) is 0.0434. The van der Waals surface area contributed by atoms with Crippen LogP contribution >= 0.6 is 0 Å². The number of carbonyl (C=O) groups is 6. The smallest absolute Gasteiger partial charge is 1.00 e. The summed E-state index contributed by atoms with van der Waals surface area (Å²) in [5, 5.41) is 38.7. The molecular weight excluding hydrogens is 680 g/mol. The number of amides is 2. The monoisotopic (exact) mass is 716 g/mol. The molecule has 2 aromatic heterocycles. The van der Waals surface area contributed by atoms with Crippen LogP contribution in [0.3, 0.4) is 0 Å². The molecule has 0 aliphatic carbocycles. The SMILES string of the molecule is CC(=O)N[C@@H](CCC(=O)C=[N+]=[N-])C(=O)O.CCC(Cc1cnc2nc(=N)[nH]c(N)c2n1)c1ccc(C(=O)N[C@@H](CCC(=O)O)C(=O)O)cc1.[Cl-].[H+]. The van der Waals surface area contributed by atoms with Crippen molar-refractivity contribution in [2.24, 2.45) is 0 Å². The van der Waals surface area contributed by atoms with Gasteiger partial charge in [0.1, 0.15) is 23.4 Å². The summed E-state index contributed by atoms with van der Waals surface area (Å²) >= 11 is 0. The molecule has 50 heavy (non-hydrogen) atoms. The summed E-state index contributed by atoms with van der Waals surface area (Å²) in [6.45, 7) is 3.21. The zero-order valence-electron chi connectivity index (χ0n) is 27.9. The molecule has 3 rings (SSSR count). The van der Waals surface area contributed by atoms with Crippen LogP contribution in [0.15, 0.2) is 30.5 Å². The van der Waals surface area contributed by atoms with Crippen LogP contribution in [0.4, 0.5) is 5.82 Å². The first-order valence-electron chi connectivity index (χ1n) is 14.8. The van der Waals surface area contributed by atoms with Gasteiger partial charge in [0.05, 0.1) is 11.9 Å². The highest BCUT2D eigenvalue weighted by molar-refractivity contribution is 6.25. The number of nitrogens with zero attached hydrogens (tertiary/aromatic N) is 5. The maximum absolute atomic E-state index is 12.5. The summed E-state index contributed by atoms with van der Waals surface area (Å²) in [4.78, 5) is 84.4. The Kier molecular flexibility index (Phi) is 17.1. The van der Waals surface area contributed by atoms with Crippen molar-refractivity contribution in [2.45, 2.75) is 70.4 Å². The third-order valence-electron chi connectivity index (χ3n) is 6.93. The van der Waals surface area contributed by atoms with Gasteiger partial charge in [-0.05, 0) is 49.3 Å². The molecule has 2 heterocycles. The zero-order valence-corrected chi connectivity index (χ0v) is 27.7. The van der Waals surface area contributed by atoms with E-state index in [1.54, 1.807) is 30.5 Å². The Hall–Kier alpha value is -6.07. The number of fused-ring (bicyclic) bond motifs is 1. The predicted molar refractivity (Wildman–Crippen MR) is 171 cm³/mol. The van der Waals surface area contributed by atoms with E-state index in [-0.39, 0.29) is 68.1 Å². The zero-order chi connectivity index (χ0) is 36.7. The topological polar surface area (TPSA) is 328 Å². The second kappa shape index (κ2) is 20.3. The number of Topliss-reactive ketones (excluding diaryl/α,β-unsaturated/α-hetero) is 1. The number of hydrogen-bond donors (Lipinski definition) is 8. The highest BCUT2D eigenvalue weighted by atomic mass is 35.5. The largest absolute Gasteiger partial charge is 1.00 e. The minimum absolute atomic E-state index is 0. The number of carbonyl (C=O) groups excluding carboxylic acids is 3. The summed E-state index contributed by atoms with van der Waals surface area (Å²) in [5.41, 5.74) is 16.4. The molecule has 0 spiro atoms. The van der Waals surface area contributed by atoms with Gasteiger partial charge in [0, 0.05) is 25.3 Å². The number of hydrogen-bond acceptors (Lipinski definition) is 11. The summed E-state index contributed by atoms with van der Waals surface area (Å²) < 4.78 is 0. The number of anilines is 1. The highest BCUT2D eigenvalue weighted by Gasteiger charge is 2.22. The van der Waals surface area contributed by atoms with Crippen LogP contribution in [0.1, 0.15) is 74.9 Å². The van der Waals surface area contributed by atoms with Crippen LogP contribution in [0.5, 0.6) is 0 Å². The molecule has 0 aliphatic heterocycles. The Labute approximate surface area is 291 Å². The number of aliphatic carboxylic acids is 3. The second-order valence-corrected chi connectivity index (χ2v) is 10.6.